The molecule has 0 bridgehead atoms. The van der Waals surface area contributed by atoms with Gasteiger partial charge in [0.15, 0.2) is 10.9 Å². The van der Waals surface area contributed by atoms with Crippen LogP contribution in [0.4, 0.5) is 4.39 Å². The highest BCUT2D eigenvalue weighted by Gasteiger charge is 2.18. The normalized spacial score (nSPS) is 10.9. The number of furan rings is 1. The molecule has 0 spiro atoms. The van der Waals surface area contributed by atoms with Crippen LogP contribution < -0.4 is 5.32 Å². The van der Waals surface area contributed by atoms with Crippen molar-refractivity contribution in [3.05, 3.63) is 83.9 Å². The molecule has 0 saturated carbocycles. The summed E-state index contributed by atoms with van der Waals surface area (Å²) in [7, 11) is 0. The van der Waals surface area contributed by atoms with E-state index in [0.29, 0.717) is 23.3 Å². The van der Waals surface area contributed by atoms with Crippen molar-refractivity contribution in [3.63, 3.8) is 0 Å². The minimum absolute atomic E-state index is 0.151. The van der Waals surface area contributed by atoms with Crippen molar-refractivity contribution in [2.24, 2.45) is 0 Å². The second kappa shape index (κ2) is 8.96. The molecule has 4 aromatic rings. The number of thioether (sulfide) groups is 1. The topological polar surface area (TPSA) is 73.0 Å². The van der Waals surface area contributed by atoms with Gasteiger partial charge >= 0.3 is 0 Å². The van der Waals surface area contributed by atoms with Gasteiger partial charge in [0.05, 0.1) is 12.0 Å². The van der Waals surface area contributed by atoms with Gasteiger partial charge in [-0.05, 0) is 48.9 Å². The fraction of sp³-hybridized carbons (Fsp3) is 0.136. The summed E-state index contributed by atoms with van der Waals surface area (Å²) in [5, 5.41) is 12.0. The summed E-state index contributed by atoms with van der Waals surface area (Å²) in [6.45, 7) is 2.35. The predicted molar refractivity (Wildman–Crippen MR) is 113 cm³/mol. The SMILES string of the molecule is Cc1ccc(-n2c(SCC(=O)NCc3ccc(F)cc3)nnc2-c2ccco2)cc1. The van der Waals surface area contributed by atoms with Crippen LogP contribution in [0.2, 0.25) is 0 Å². The summed E-state index contributed by atoms with van der Waals surface area (Å²) in [4.78, 5) is 12.3. The van der Waals surface area contributed by atoms with Crippen molar-refractivity contribution in [2.75, 3.05) is 5.75 Å². The Kier molecular flexibility index (Phi) is 5.94. The highest BCUT2D eigenvalue weighted by Crippen LogP contribution is 2.28. The van der Waals surface area contributed by atoms with Crippen molar-refractivity contribution in [1.82, 2.24) is 20.1 Å². The number of rotatable bonds is 7. The molecule has 0 aliphatic heterocycles. The molecule has 4 rings (SSSR count). The summed E-state index contributed by atoms with van der Waals surface area (Å²) in [5.74, 6) is 0.878. The molecule has 0 atom stereocenters. The zero-order valence-electron chi connectivity index (χ0n) is 16.2. The molecule has 30 heavy (non-hydrogen) atoms. The van der Waals surface area contributed by atoms with Gasteiger partial charge in [0.25, 0.3) is 0 Å². The molecule has 0 unspecified atom stereocenters. The zero-order chi connectivity index (χ0) is 20.9. The highest BCUT2D eigenvalue weighted by molar-refractivity contribution is 7.99. The van der Waals surface area contributed by atoms with Crippen LogP contribution in [0.3, 0.4) is 0 Å². The highest BCUT2D eigenvalue weighted by atomic mass is 32.2. The van der Waals surface area contributed by atoms with Crippen LogP contribution in [0, 0.1) is 12.7 Å². The van der Waals surface area contributed by atoms with Gasteiger partial charge in [-0.3, -0.25) is 9.36 Å². The number of nitrogens with one attached hydrogen (secondary N) is 1. The maximum atomic E-state index is 13.0. The molecule has 0 aliphatic rings. The Hall–Kier alpha value is -3.39. The minimum atomic E-state index is -0.302. The Labute approximate surface area is 177 Å². The Morgan fingerprint density at radius 1 is 1.10 bits per heavy atom. The number of hydrogen-bond donors (Lipinski definition) is 1. The molecule has 8 heteroatoms. The summed E-state index contributed by atoms with van der Waals surface area (Å²) < 4.78 is 20.4. The lowest BCUT2D eigenvalue weighted by molar-refractivity contribution is -0.118. The number of nitrogens with zero attached hydrogens (tertiary/aromatic N) is 3. The largest absolute Gasteiger partial charge is 0.461 e. The molecule has 1 amide bonds. The van der Waals surface area contributed by atoms with Crippen molar-refractivity contribution in [1.29, 1.82) is 0 Å². The Morgan fingerprint density at radius 3 is 2.57 bits per heavy atom. The molecule has 0 aliphatic carbocycles. The van der Waals surface area contributed by atoms with Crippen LogP contribution in [0.25, 0.3) is 17.3 Å². The summed E-state index contributed by atoms with van der Waals surface area (Å²) in [6, 6.07) is 17.6. The molecule has 2 heterocycles. The summed E-state index contributed by atoms with van der Waals surface area (Å²) in [5.41, 5.74) is 2.85. The van der Waals surface area contributed by atoms with Crippen molar-refractivity contribution < 1.29 is 13.6 Å². The fourth-order valence-electron chi connectivity index (χ4n) is 2.84. The molecule has 2 aromatic heterocycles. The second-order valence-corrected chi connectivity index (χ2v) is 7.59. The predicted octanol–water partition coefficient (Wildman–Crippen LogP) is 4.38. The number of aryl methyl sites for hydroxylation is 1. The number of carbonyl (C=O) groups excluding carboxylic acids is 1. The molecular formula is C22H19FN4O2S. The molecule has 152 valence electrons. The first kappa shape index (κ1) is 19.9. The van der Waals surface area contributed by atoms with Crippen LogP contribution in [0.15, 0.2) is 76.5 Å². The van der Waals surface area contributed by atoms with Gasteiger partial charge in [0.2, 0.25) is 11.7 Å². The molecule has 2 aromatic carbocycles. The first-order valence-corrected chi connectivity index (χ1v) is 10.3. The fourth-order valence-corrected chi connectivity index (χ4v) is 3.62. The van der Waals surface area contributed by atoms with E-state index in [1.54, 1.807) is 24.5 Å². The molecule has 6 nitrogen and oxygen atoms in total. The number of amides is 1. The average Bonchev–Trinajstić information content (AvgIpc) is 3.42. The van der Waals surface area contributed by atoms with Crippen molar-refractivity contribution in [2.45, 2.75) is 18.6 Å². The third kappa shape index (κ3) is 4.60. The van der Waals surface area contributed by atoms with Crippen LogP contribution >= 0.6 is 11.8 Å². The minimum Gasteiger partial charge on any atom is -0.461 e. The monoisotopic (exact) mass is 422 g/mol. The van der Waals surface area contributed by atoms with E-state index in [9.17, 15) is 9.18 Å². The Bertz CT molecular complexity index is 1120. The van der Waals surface area contributed by atoms with Crippen LogP contribution in [0.5, 0.6) is 0 Å². The van der Waals surface area contributed by atoms with Gasteiger partial charge in [-0.1, -0.05) is 41.6 Å². The smallest absolute Gasteiger partial charge is 0.230 e. The summed E-state index contributed by atoms with van der Waals surface area (Å²) in [6.07, 6.45) is 1.58. The first-order valence-electron chi connectivity index (χ1n) is 9.30. The zero-order valence-corrected chi connectivity index (χ0v) is 17.0. The van der Waals surface area contributed by atoms with Gasteiger partial charge in [-0.25, -0.2) is 4.39 Å². The maximum absolute atomic E-state index is 13.0. The van der Waals surface area contributed by atoms with Gasteiger partial charge in [-0.15, -0.1) is 10.2 Å². The second-order valence-electron chi connectivity index (χ2n) is 6.65. The lowest BCUT2D eigenvalue weighted by atomic mass is 10.2. The van der Waals surface area contributed by atoms with Gasteiger partial charge in [0.1, 0.15) is 5.82 Å². The maximum Gasteiger partial charge on any atom is 0.230 e. The molecule has 0 fully saturated rings. The Balaban J connectivity index is 1.49. The standard InChI is InChI=1S/C22H19FN4O2S/c1-15-4-10-18(11-5-15)27-21(19-3-2-12-29-19)25-26-22(27)30-14-20(28)24-13-16-6-8-17(23)9-7-16/h2-12H,13-14H2,1H3,(H,24,28). The molecule has 1 N–H and O–H groups in total. The Morgan fingerprint density at radius 2 is 1.87 bits per heavy atom. The molecule has 0 radical (unpaired) electrons. The quantitative estimate of drug-likeness (QED) is 0.448. The van der Waals surface area contributed by atoms with Gasteiger partial charge < -0.3 is 9.73 Å². The lowest BCUT2D eigenvalue weighted by Gasteiger charge is -2.10. The van der Waals surface area contributed by atoms with E-state index >= 15 is 0 Å². The third-order valence-corrected chi connectivity index (χ3v) is 5.33. The number of halogens is 1. The molecular weight excluding hydrogens is 403 g/mol. The molecule has 0 saturated heterocycles. The van der Waals surface area contributed by atoms with E-state index < -0.39 is 0 Å². The first-order chi connectivity index (χ1) is 14.6. The number of hydrogen-bond acceptors (Lipinski definition) is 5. The number of aromatic nitrogens is 3. The van der Waals surface area contributed by atoms with Gasteiger partial charge in [-0.2, -0.15) is 0 Å². The van der Waals surface area contributed by atoms with E-state index in [1.165, 1.54) is 23.9 Å². The average molecular weight is 422 g/mol. The van der Waals surface area contributed by atoms with E-state index in [-0.39, 0.29) is 17.5 Å². The van der Waals surface area contributed by atoms with E-state index in [2.05, 4.69) is 15.5 Å². The van der Waals surface area contributed by atoms with E-state index in [1.807, 2.05) is 41.8 Å². The van der Waals surface area contributed by atoms with Crippen molar-refractivity contribution >= 4 is 17.7 Å². The van der Waals surface area contributed by atoms with Gasteiger partial charge in [0, 0.05) is 12.2 Å². The number of carbonyl (C=O) groups is 1. The van der Waals surface area contributed by atoms with E-state index in [4.69, 9.17) is 4.42 Å². The van der Waals surface area contributed by atoms with Crippen LogP contribution in [-0.2, 0) is 11.3 Å². The number of benzene rings is 2. The van der Waals surface area contributed by atoms with Crippen molar-refractivity contribution in [3.8, 4) is 17.3 Å². The van der Waals surface area contributed by atoms with Crippen LogP contribution in [0.1, 0.15) is 11.1 Å². The van der Waals surface area contributed by atoms with Crippen LogP contribution in [-0.4, -0.2) is 26.4 Å². The lowest BCUT2D eigenvalue weighted by Crippen LogP contribution is -2.24. The van der Waals surface area contributed by atoms with E-state index in [0.717, 1.165) is 16.8 Å². The summed E-state index contributed by atoms with van der Waals surface area (Å²) >= 11 is 1.29. The third-order valence-electron chi connectivity index (χ3n) is 4.40.